The molecule has 1 aliphatic carbocycles. The van der Waals surface area contributed by atoms with Crippen LogP contribution in [0.3, 0.4) is 0 Å². The summed E-state index contributed by atoms with van der Waals surface area (Å²) in [5, 5.41) is 0. The fourth-order valence-corrected chi connectivity index (χ4v) is 4.27. The van der Waals surface area contributed by atoms with Crippen molar-refractivity contribution in [3.63, 3.8) is 0 Å². The summed E-state index contributed by atoms with van der Waals surface area (Å²) in [5.41, 5.74) is 0.816. The zero-order valence-corrected chi connectivity index (χ0v) is 14.5. The van der Waals surface area contributed by atoms with Gasteiger partial charge in [-0.3, -0.25) is 9.59 Å². The number of fused-ring (bicyclic) bond motifs is 1. The molecule has 2 amide bonds. The first-order valence-corrected chi connectivity index (χ1v) is 9.42. The highest BCUT2D eigenvalue weighted by molar-refractivity contribution is 5.79. The van der Waals surface area contributed by atoms with Crippen molar-refractivity contribution in [1.29, 1.82) is 0 Å². The van der Waals surface area contributed by atoms with Crippen molar-refractivity contribution in [2.24, 2.45) is 11.8 Å². The zero-order chi connectivity index (χ0) is 17.4. The van der Waals surface area contributed by atoms with Gasteiger partial charge >= 0.3 is 0 Å². The number of rotatable bonds is 4. The number of carbonyl (C=O) groups is 2. The Balaban J connectivity index is 1.50. The highest BCUT2D eigenvalue weighted by atomic mass is 19.1. The Morgan fingerprint density at radius 2 is 2.04 bits per heavy atom. The van der Waals surface area contributed by atoms with Crippen molar-refractivity contribution < 1.29 is 14.0 Å². The molecule has 0 bridgehead atoms. The molecule has 1 aromatic rings. The summed E-state index contributed by atoms with van der Waals surface area (Å²) in [5.74, 6) is 1.04. The first-order chi connectivity index (χ1) is 12.1. The van der Waals surface area contributed by atoms with Gasteiger partial charge in [-0.15, -0.1) is 0 Å². The van der Waals surface area contributed by atoms with Crippen LogP contribution in [-0.4, -0.2) is 40.7 Å². The Hall–Kier alpha value is -1.91. The van der Waals surface area contributed by atoms with Crippen molar-refractivity contribution in [2.75, 3.05) is 13.1 Å². The second-order valence-corrected chi connectivity index (χ2v) is 7.82. The molecular weight excluding hydrogens is 319 g/mol. The topological polar surface area (TPSA) is 40.6 Å². The number of halogens is 1. The standard InChI is InChI=1S/C20H25FN2O2/c21-17-5-1-3-15(9-17)11-23-18-13-22(20(25)10-14-7-8-14)12-16(18)4-2-6-19(23)24/h1,3,5,9,14,16,18H,2,4,6-8,10-13H2/t16-,18+/m1/s1. The number of amides is 2. The number of likely N-dealkylation sites (tertiary alicyclic amines) is 2. The Labute approximate surface area is 148 Å². The molecular formula is C20H25FN2O2. The van der Waals surface area contributed by atoms with E-state index in [0.29, 0.717) is 37.8 Å². The van der Waals surface area contributed by atoms with Crippen LogP contribution in [0.5, 0.6) is 0 Å². The van der Waals surface area contributed by atoms with Crippen LogP contribution in [0.4, 0.5) is 4.39 Å². The predicted octanol–water partition coefficient (Wildman–Crippen LogP) is 2.97. The van der Waals surface area contributed by atoms with Crippen LogP contribution in [0.25, 0.3) is 0 Å². The summed E-state index contributed by atoms with van der Waals surface area (Å²) in [6.45, 7) is 1.84. The third-order valence-corrected chi connectivity index (χ3v) is 5.85. The molecule has 1 aromatic carbocycles. The smallest absolute Gasteiger partial charge is 0.223 e. The third-order valence-electron chi connectivity index (χ3n) is 5.85. The van der Waals surface area contributed by atoms with Crippen molar-refractivity contribution in [1.82, 2.24) is 9.80 Å². The van der Waals surface area contributed by atoms with Gasteiger partial charge in [0.25, 0.3) is 0 Å². The number of hydrogen-bond acceptors (Lipinski definition) is 2. The Morgan fingerprint density at radius 1 is 1.20 bits per heavy atom. The first kappa shape index (κ1) is 16.6. The minimum atomic E-state index is -0.274. The molecule has 134 valence electrons. The summed E-state index contributed by atoms with van der Waals surface area (Å²) < 4.78 is 13.5. The van der Waals surface area contributed by atoms with Crippen LogP contribution < -0.4 is 0 Å². The molecule has 2 saturated heterocycles. The lowest BCUT2D eigenvalue weighted by Gasteiger charge is -2.30. The van der Waals surface area contributed by atoms with Gasteiger partial charge in [0, 0.05) is 32.5 Å². The van der Waals surface area contributed by atoms with Crippen LogP contribution in [0, 0.1) is 17.7 Å². The number of carbonyl (C=O) groups excluding carboxylic acids is 2. The fourth-order valence-electron chi connectivity index (χ4n) is 4.27. The van der Waals surface area contributed by atoms with Gasteiger partial charge in [-0.25, -0.2) is 4.39 Å². The highest BCUT2D eigenvalue weighted by Crippen LogP contribution is 2.36. The summed E-state index contributed by atoms with van der Waals surface area (Å²) in [6, 6.07) is 6.54. The summed E-state index contributed by atoms with van der Waals surface area (Å²) in [6.07, 6.45) is 5.44. The normalized spacial score (nSPS) is 26.5. The van der Waals surface area contributed by atoms with E-state index in [4.69, 9.17) is 0 Å². The Kier molecular flexibility index (Phi) is 4.48. The third kappa shape index (κ3) is 3.70. The van der Waals surface area contributed by atoms with Gasteiger partial charge in [0.15, 0.2) is 0 Å². The maximum atomic E-state index is 13.5. The molecule has 25 heavy (non-hydrogen) atoms. The summed E-state index contributed by atoms with van der Waals surface area (Å²) >= 11 is 0. The summed E-state index contributed by atoms with van der Waals surface area (Å²) in [4.78, 5) is 29.0. The minimum Gasteiger partial charge on any atom is -0.340 e. The summed E-state index contributed by atoms with van der Waals surface area (Å²) in [7, 11) is 0. The molecule has 2 heterocycles. The van der Waals surface area contributed by atoms with Gasteiger partial charge in [-0.05, 0) is 55.2 Å². The number of benzene rings is 1. The van der Waals surface area contributed by atoms with E-state index >= 15 is 0 Å². The molecule has 3 aliphatic rings. The van der Waals surface area contributed by atoms with Crippen LogP contribution in [-0.2, 0) is 16.1 Å². The van der Waals surface area contributed by atoms with Gasteiger partial charge in [0.05, 0.1) is 6.04 Å². The molecule has 3 fully saturated rings. The highest BCUT2D eigenvalue weighted by Gasteiger charge is 2.42. The molecule has 0 radical (unpaired) electrons. The maximum Gasteiger partial charge on any atom is 0.223 e. The van der Waals surface area contributed by atoms with E-state index in [9.17, 15) is 14.0 Å². The molecule has 0 unspecified atom stereocenters. The van der Waals surface area contributed by atoms with E-state index in [-0.39, 0.29) is 23.7 Å². The van der Waals surface area contributed by atoms with Crippen LogP contribution in [0.15, 0.2) is 24.3 Å². The average Bonchev–Trinajstić information content (AvgIpc) is 3.31. The lowest BCUT2D eigenvalue weighted by Crippen LogP contribution is -2.43. The van der Waals surface area contributed by atoms with E-state index in [1.54, 1.807) is 6.07 Å². The van der Waals surface area contributed by atoms with E-state index in [1.165, 1.54) is 25.0 Å². The SMILES string of the molecule is O=C(CC1CC1)N1C[C@H]2CCCC(=O)N(Cc3cccc(F)c3)[C@H]2C1. The first-order valence-electron chi connectivity index (χ1n) is 9.42. The van der Waals surface area contributed by atoms with Gasteiger partial charge < -0.3 is 9.80 Å². The van der Waals surface area contributed by atoms with Crippen LogP contribution in [0.2, 0.25) is 0 Å². The van der Waals surface area contributed by atoms with Crippen molar-refractivity contribution in [2.45, 2.75) is 51.1 Å². The van der Waals surface area contributed by atoms with Gasteiger partial charge in [0.2, 0.25) is 11.8 Å². The maximum absolute atomic E-state index is 13.5. The quantitative estimate of drug-likeness (QED) is 0.842. The average molecular weight is 344 g/mol. The number of nitrogens with zero attached hydrogens (tertiary/aromatic N) is 2. The van der Waals surface area contributed by atoms with E-state index in [1.807, 2.05) is 15.9 Å². The molecule has 1 saturated carbocycles. The minimum absolute atomic E-state index is 0.0708. The van der Waals surface area contributed by atoms with E-state index < -0.39 is 0 Å². The van der Waals surface area contributed by atoms with Crippen molar-refractivity contribution in [3.05, 3.63) is 35.6 Å². The Bertz CT molecular complexity index is 673. The molecule has 5 heteroatoms. The van der Waals surface area contributed by atoms with E-state index in [0.717, 1.165) is 24.9 Å². The van der Waals surface area contributed by atoms with Gasteiger partial charge in [-0.1, -0.05) is 12.1 Å². The molecule has 4 rings (SSSR count). The molecule has 0 spiro atoms. The second kappa shape index (κ2) is 6.77. The van der Waals surface area contributed by atoms with Crippen LogP contribution in [0.1, 0.15) is 44.1 Å². The van der Waals surface area contributed by atoms with Crippen molar-refractivity contribution in [3.8, 4) is 0 Å². The lowest BCUT2D eigenvalue weighted by molar-refractivity contribution is -0.135. The molecule has 4 nitrogen and oxygen atoms in total. The molecule has 2 aliphatic heterocycles. The molecule has 0 aromatic heterocycles. The fraction of sp³-hybridized carbons (Fsp3) is 0.600. The molecule has 0 N–H and O–H groups in total. The zero-order valence-electron chi connectivity index (χ0n) is 14.5. The Morgan fingerprint density at radius 3 is 2.80 bits per heavy atom. The van der Waals surface area contributed by atoms with E-state index in [2.05, 4.69) is 0 Å². The second-order valence-electron chi connectivity index (χ2n) is 7.82. The van der Waals surface area contributed by atoms with Crippen LogP contribution >= 0.6 is 0 Å². The lowest BCUT2D eigenvalue weighted by atomic mass is 9.98. The largest absolute Gasteiger partial charge is 0.340 e. The monoisotopic (exact) mass is 344 g/mol. The van der Waals surface area contributed by atoms with Gasteiger partial charge in [0.1, 0.15) is 5.82 Å². The predicted molar refractivity (Wildman–Crippen MR) is 92.0 cm³/mol. The number of hydrogen-bond donors (Lipinski definition) is 0. The van der Waals surface area contributed by atoms with Gasteiger partial charge in [-0.2, -0.15) is 0 Å². The van der Waals surface area contributed by atoms with Crippen molar-refractivity contribution >= 4 is 11.8 Å². The molecule has 2 atom stereocenters.